The lowest BCUT2D eigenvalue weighted by Gasteiger charge is -2.33. The van der Waals surface area contributed by atoms with E-state index in [1.807, 2.05) is 6.92 Å². The number of carbonyl (C=O) groups excluding carboxylic acids is 8. The smallest absolute Gasteiger partial charge is 0.243 e. The van der Waals surface area contributed by atoms with Crippen LogP contribution in [0.4, 0.5) is 0 Å². The van der Waals surface area contributed by atoms with Crippen molar-refractivity contribution in [1.82, 2.24) is 36.8 Å². The summed E-state index contributed by atoms with van der Waals surface area (Å²) in [6.45, 7) is 8.24. The molecular weight excluding hydrogens is 707 g/mol. The van der Waals surface area contributed by atoms with E-state index in [-0.39, 0.29) is 29.9 Å². The summed E-state index contributed by atoms with van der Waals surface area (Å²) >= 11 is 0. The molecule has 2 aliphatic rings. The third-order valence-electron chi connectivity index (χ3n) is 8.68. The third-order valence-corrected chi connectivity index (χ3v) is 11.1. The number of primary amides is 2. The van der Waals surface area contributed by atoms with Crippen molar-refractivity contribution in [3.8, 4) is 0 Å². The molecule has 0 bridgehead atoms. The summed E-state index contributed by atoms with van der Waals surface area (Å²) in [5.74, 6) is -5.54. The van der Waals surface area contributed by atoms with Crippen molar-refractivity contribution in [3.63, 3.8) is 0 Å². The van der Waals surface area contributed by atoms with E-state index < -0.39 is 103 Å². The maximum atomic E-state index is 13.7. The fraction of sp³-hybridized carbons (Fsp3) is 0.742. The van der Waals surface area contributed by atoms with Gasteiger partial charge in [-0.15, -0.1) is 0 Å². The van der Waals surface area contributed by atoms with Crippen molar-refractivity contribution in [2.75, 3.05) is 31.1 Å². The van der Waals surface area contributed by atoms with Crippen molar-refractivity contribution in [2.24, 2.45) is 23.3 Å². The average Bonchev–Trinajstić information content (AvgIpc) is 3.51. The third kappa shape index (κ3) is 14.1. The molecule has 288 valence electrons. The summed E-state index contributed by atoms with van der Waals surface area (Å²) in [6, 6.07) is -5.94. The van der Waals surface area contributed by atoms with Crippen molar-refractivity contribution < 1.29 is 43.5 Å². The van der Waals surface area contributed by atoms with Crippen LogP contribution in [0.15, 0.2) is 0 Å². The molecule has 0 saturated carbocycles. The van der Waals surface area contributed by atoms with Gasteiger partial charge in [-0.1, -0.05) is 55.7 Å². The fourth-order valence-electron chi connectivity index (χ4n) is 5.61. The highest BCUT2D eigenvalue weighted by Crippen LogP contribution is 2.25. The first-order valence-corrected chi connectivity index (χ1v) is 19.4. The van der Waals surface area contributed by atoms with E-state index >= 15 is 0 Å². The second kappa shape index (κ2) is 21.0. The second-order valence-corrected chi connectivity index (χ2v) is 15.7. The molecule has 2 heterocycles. The van der Waals surface area contributed by atoms with Crippen molar-refractivity contribution >= 4 is 68.8 Å². The van der Waals surface area contributed by atoms with Gasteiger partial charge in [0.25, 0.3) is 0 Å². The molecule has 0 radical (unpaired) electrons. The molecule has 0 aliphatic carbocycles. The lowest BCUT2D eigenvalue weighted by atomic mass is 9.96. The molecular formula is C31H53N9O9S2. The number of likely N-dealkylation sites (tertiary alicyclic amines) is 1. The summed E-state index contributed by atoms with van der Waals surface area (Å²) in [4.78, 5) is 103. The molecule has 2 saturated heterocycles. The Morgan fingerprint density at radius 1 is 0.980 bits per heavy atom. The van der Waals surface area contributed by atoms with Gasteiger partial charge in [0.05, 0.1) is 31.2 Å². The van der Waals surface area contributed by atoms with Gasteiger partial charge in [0.2, 0.25) is 47.3 Å². The quantitative estimate of drug-likeness (QED) is 0.0794. The SMILES string of the molecule is CCC(C)C(NC(=O)C1CCCN1C[C@H](O)[C@@H]1CSSC[C@H](NC(C)=O)C(=O)NCC(=O)N[C@@H](CC(N)=O)C(=O)N1)C(=O)N[C@H](C(N)=O)C(C)C. The van der Waals surface area contributed by atoms with Gasteiger partial charge in [-0.3, -0.25) is 43.3 Å². The molecule has 11 N–H and O–H groups in total. The van der Waals surface area contributed by atoms with Gasteiger partial charge in [-0.05, 0) is 31.2 Å². The van der Waals surface area contributed by atoms with Gasteiger partial charge in [-0.2, -0.15) is 0 Å². The highest BCUT2D eigenvalue weighted by molar-refractivity contribution is 8.76. The zero-order valence-electron chi connectivity index (χ0n) is 29.7. The molecule has 51 heavy (non-hydrogen) atoms. The molecule has 3 unspecified atom stereocenters. The van der Waals surface area contributed by atoms with E-state index in [1.165, 1.54) is 28.5 Å². The number of aliphatic hydroxyl groups excluding tert-OH is 1. The minimum absolute atomic E-state index is 0.0602. The Morgan fingerprint density at radius 3 is 2.24 bits per heavy atom. The van der Waals surface area contributed by atoms with E-state index in [1.54, 1.807) is 25.7 Å². The molecule has 0 aromatic carbocycles. The minimum Gasteiger partial charge on any atom is -0.390 e. The maximum absolute atomic E-state index is 13.7. The van der Waals surface area contributed by atoms with Crippen LogP contribution in [0.1, 0.15) is 60.3 Å². The standard InChI is InChI=1S/C31H53N9O9S2/c1-6-16(4)26(31(49)38-25(15(2)3)27(33)45)39-30(48)21-8-7-9-40(21)12-22(42)19-13-50-51-14-20(35-17(5)41)28(46)34-11-24(44)36-18(10-23(32)43)29(47)37-19/h15-16,18-22,25-26,42H,6-14H2,1-5H3,(H2,32,43)(H2,33,45)(H,34,46)(H,35,41)(H,36,44)(H,37,47)(H,38,49)(H,39,48)/t16?,18-,19-,20-,21?,22-,25-,26?/m0/s1. The second-order valence-electron chi connectivity index (χ2n) is 13.2. The number of β-amino-alcohol motifs (C(OH)–C–C–N with tert-alkyl or cyclic N) is 1. The van der Waals surface area contributed by atoms with E-state index in [9.17, 15) is 43.5 Å². The topological polar surface area (TPSA) is 284 Å². The summed E-state index contributed by atoms with van der Waals surface area (Å²) in [6.07, 6.45) is -0.202. The van der Waals surface area contributed by atoms with Gasteiger partial charge in [0, 0.05) is 25.0 Å². The molecule has 0 aromatic rings. The van der Waals surface area contributed by atoms with Crippen LogP contribution in [0, 0.1) is 11.8 Å². The van der Waals surface area contributed by atoms with Crippen molar-refractivity contribution in [1.29, 1.82) is 0 Å². The number of amides is 8. The largest absolute Gasteiger partial charge is 0.390 e. The zero-order valence-corrected chi connectivity index (χ0v) is 31.3. The lowest BCUT2D eigenvalue weighted by Crippen LogP contribution is -2.59. The number of nitrogens with two attached hydrogens (primary N) is 2. The van der Waals surface area contributed by atoms with E-state index in [0.29, 0.717) is 25.8 Å². The van der Waals surface area contributed by atoms with E-state index in [2.05, 4.69) is 31.9 Å². The molecule has 8 atom stereocenters. The van der Waals surface area contributed by atoms with Crippen LogP contribution < -0.4 is 43.4 Å². The van der Waals surface area contributed by atoms with Gasteiger partial charge >= 0.3 is 0 Å². The summed E-state index contributed by atoms with van der Waals surface area (Å²) in [5, 5.41) is 27.0. The number of nitrogens with one attached hydrogen (secondary N) is 6. The predicted molar refractivity (Wildman–Crippen MR) is 191 cm³/mol. The Morgan fingerprint density at radius 2 is 1.65 bits per heavy atom. The predicted octanol–water partition coefficient (Wildman–Crippen LogP) is -3.17. The Balaban J connectivity index is 2.25. The van der Waals surface area contributed by atoms with Crippen molar-refractivity contribution in [2.45, 2.75) is 103 Å². The monoisotopic (exact) mass is 759 g/mol. The van der Waals surface area contributed by atoms with Crippen LogP contribution in [0.25, 0.3) is 0 Å². The Hall–Kier alpha value is -3.62. The normalized spacial score (nSPS) is 24.8. The Bertz CT molecular complexity index is 1290. The van der Waals surface area contributed by atoms with Gasteiger partial charge in [-0.25, -0.2) is 0 Å². The molecule has 2 fully saturated rings. The lowest BCUT2D eigenvalue weighted by molar-refractivity contribution is -0.134. The number of hydrogen-bond acceptors (Lipinski definition) is 12. The summed E-state index contributed by atoms with van der Waals surface area (Å²) in [5.41, 5.74) is 10.8. The fourth-order valence-corrected chi connectivity index (χ4v) is 8.06. The van der Waals surface area contributed by atoms with Crippen LogP contribution in [-0.2, 0) is 38.4 Å². The van der Waals surface area contributed by atoms with Gasteiger partial charge < -0.3 is 48.5 Å². The summed E-state index contributed by atoms with van der Waals surface area (Å²) < 4.78 is 0. The number of carbonyl (C=O) groups is 8. The van der Waals surface area contributed by atoms with Crippen LogP contribution in [0.5, 0.6) is 0 Å². The van der Waals surface area contributed by atoms with Crippen LogP contribution >= 0.6 is 21.6 Å². The van der Waals surface area contributed by atoms with Crippen LogP contribution in [0.2, 0.25) is 0 Å². The Labute approximate surface area is 305 Å². The summed E-state index contributed by atoms with van der Waals surface area (Å²) in [7, 11) is 2.41. The van der Waals surface area contributed by atoms with Gasteiger partial charge in [0.1, 0.15) is 24.2 Å². The van der Waals surface area contributed by atoms with E-state index in [4.69, 9.17) is 11.5 Å². The zero-order chi connectivity index (χ0) is 38.4. The number of hydrogen-bond donors (Lipinski definition) is 9. The van der Waals surface area contributed by atoms with Crippen LogP contribution in [-0.4, -0.2) is 131 Å². The number of aliphatic hydroxyl groups is 1. The first-order valence-electron chi connectivity index (χ1n) is 16.9. The van der Waals surface area contributed by atoms with Crippen LogP contribution in [0.3, 0.4) is 0 Å². The molecule has 20 heteroatoms. The molecule has 0 spiro atoms. The Kier molecular flexibility index (Phi) is 18.0. The van der Waals surface area contributed by atoms with Gasteiger partial charge in [0.15, 0.2) is 0 Å². The highest BCUT2D eigenvalue weighted by atomic mass is 33.1. The highest BCUT2D eigenvalue weighted by Gasteiger charge is 2.38. The first kappa shape index (κ1) is 43.5. The number of rotatable bonds is 14. The first-order chi connectivity index (χ1) is 23.9. The molecule has 2 aliphatic heterocycles. The number of nitrogens with zero attached hydrogens (tertiary/aromatic N) is 1. The molecule has 0 aromatic heterocycles. The van der Waals surface area contributed by atoms with E-state index in [0.717, 1.165) is 0 Å². The van der Waals surface area contributed by atoms with Crippen molar-refractivity contribution in [3.05, 3.63) is 0 Å². The molecule has 2 rings (SSSR count). The molecule has 18 nitrogen and oxygen atoms in total. The maximum Gasteiger partial charge on any atom is 0.243 e. The minimum atomic E-state index is -1.41. The average molecular weight is 760 g/mol. The molecule has 8 amide bonds.